The molecular weight excluding hydrogens is 254 g/mol. The predicted molar refractivity (Wildman–Crippen MR) is 54.5 cm³/mol. The lowest BCUT2D eigenvalue weighted by atomic mass is 10.4. The zero-order valence-electron chi connectivity index (χ0n) is 7.04. The normalized spacial score (nSPS) is 14.5. The molecule has 5 heteroatoms. The van der Waals surface area contributed by atoms with Crippen molar-refractivity contribution in [2.24, 2.45) is 0 Å². The van der Waals surface area contributed by atoms with Crippen molar-refractivity contribution in [3.63, 3.8) is 0 Å². The second-order valence-electron chi connectivity index (χ2n) is 2.74. The third-order valence-electron chi connectivity index (χ3n) is 1.82. The van der Waals surface area contributed by atoms with Crippen LogP contribution in [0.1, 0.15) is 9.67 Å². The number of methoxy groups -OCH3 is 1. The third kappa shape index (κ3) is 1.71. The standard InChI is InChI=1S/C8H8BrNO2S/c1-12-5-4-6(13-7(5)9)8(11)10-2-3-10/h4H,2-3H2,1H3. The molecule has 0 unspecified atom stereocenters. The molecule has 0 radical (unpaired) electrons. The average molecular weight is 262 g/mol. The van der Waals surface area contributed by atoms with Gasteiger partial charge in [0.1, 0.15) is 9.54 Å². The number of hydrogen-bond acceptors (Lipinski definition) is 3. The van der Waals surface area contributed by atoms with Crippen molar-refractivity contribution in [1.29, 1.82) is 0 Å². The van der Waals surface area contributed by atoms with Gasteiger partial charge in [-0.3, -0.25) is 4.79 Å². The summed E-state index contributed by atoms with van der Waals surface area (Å²) < 4.78 is 5.94. The Balaban J connectivity index is 2.24. The summed E-state index contributed by atoms with van der Waals surface area (Å²) in [7, 11) is 1.60. The Morgan fingerprint density at radius 2 is 2.38 bits per heavy atom. The molecule has 0 spiro atoms. The minimum atomic E-state index is 0.106. The Bertz CT molecular complexity index is 346. The van der Waals surface area contributed by atoms with Gasteiger partial charge < -0.3 is 9.64 Å². The molecule has 1 saturated heterocycles. The van der Waals surface area contributed by atoms with Gasteiger partial charge >= 0.3 is 0 Å². The molecule has 1 aliphatic heterocycles. The summed E-state index contributed by atoms with van der Waals surface area (Å²) in [6.07, 6.45) is 0. The molecule has 3 nitrogen and oxygen atoms in total. The van der Waals surface area contributed by atoms with E-state index in [4.69, 9.17) is 4.74 Å². The van der Waals surface area contributed by atoms with E-state index in [1.54, 1.807) is 18.1 Å². The van der Waals surface area contributed by atoms with Gasteiger partial charge in [-0.15, -0.1) is 11.3 Å². The summed E-state index contributed by atoms with van der Waals surface area (Å²) in [5.74, 6) is 0.837. The van der Waals surface area contributed by atoms with Gasteiger partial charge in [-0.2, -0.15) is 0 Å². The lowest BCUT2D eigenvalue weighted by Gasteiger charge is -1.95. The Kier molecular flexibility index (Phi) is 2.29. The highest BCUT2D eigenvalue weighted by Crippen LogP contribution is 2.35. The van der Waals surface area contributed by atoms with E-state index in [0.29, 0.717) is 0 Å². The predicted octanol–water partition coefficient (Wildman–Crippen LogP) is 1.98. The minimum absolute atomic E-state index is 0.106. The van der Waals surface area contributed by atoms with Crippen molar-refractivity contribution >= 4 is 33.2 Å². The summed E-state index contributed by atoms with van der Waals surface area (Å²) in [6, 6.07) is 1.77. The van der Waals surface area contributed by atoms with E-state index in [0.717, 1.165) is 27.5 Å². The van der Waals surface area contributed by atoms with E-state index < -0.39 is 0 Å². The first kappa shape index (κ1) is 9.02. The first-order valence-corrected chi connectivity index (χ1v) is 5.46. The average Bonchev–Trinajstić information content (AvgIpc) is 2.89. The summed E-state index contributed by atoms with van der Waals surface area (Å²) in [5.41, 5.74) is 0. The van der Waals surface area contributed by atoms with E-state index >= 15 is 0 Å². The van der Waals surface area contributed by atoms with Crippen LogP contribution in [0.15, 0.2) is 9.85 Å². The first-order chi connectivity index (χ1) is 6.22. The summed E-state index contributed by atoms with van der Waals surface area (Å²) in [6.45, 7) is 1.77. The van der Waals surface area contributed by atoms with Gasteiger partial charge in [0.25, 0.3) is 5.91 Å². The van der Waals surface area contributed by atoms with Crippen LogP contribution >= 0.6 is 27.3 Å². The third-order valence-corrected chi connectivity index (χ3v) is 3.59. The fourth-order valence-electron chi connectivity index (χ4n) is 1.01. The highest BCUT2D eigenvalue weighted by Gasteiger charge is 2.27. The van der Waals surface area contributed by atoms with Gasteiger partial charge in [-0.05, 0) is 15.9 Å². The maximum atomic E-state index is 11.5. The zero-order valence-corrected chi connectivity index (χ0v) is 9.44. The van der Waals surface area contributed by atoms with Crippen LogP contribution < -0.4 is 4.74 Å². The molecule has 2 rings (SSSR count). The monoisotopic (exact) mass is 261 g/mol. The molecule has 1 aromatic heterocycles. The van der Waals surface area contributed by atoms with E-state index in [2.05, 4.69) is 15.9 Å². The van der Waals surface area contributed by atoms with Crippen LogP contribution in [0.25, 0.3) is 0 Å². The smallest absolute Gasteiger partial charge is 0.264 e. The first-order valence-electron chi connectivity index (χ1n) is 3.85. The van der Waals surface area contributed by atoms with E-state index in [-0.39, 0.29) is 5.91 Å². The second-order valence-corrected chi connectivity index (χ2v) is 5.12. The number of nitrogens with zero attached hydrogens (tertiary/aromatic N) is 1. The minimum Gasteiger partial charge on any atom is -0.495 e. The molecular formula is C8H8BrNO2S. The van der Waals surface area contributed by atoms with Gasteiger partial charge in [-0.1, -0.05) is 0 Å². The summed E-state index contributed by atoms with van der Waals surface area (Å²) >= 11 is 4.75. The van der Waals surface area contributed by atoms with Crippen LogP contribution in [0.2, 0.25) is 0 Å². The maximum Gasteiger partial charge on any atom is 0.264 e. The largest absolute Gasteiger partial charge is 0.495 e. The molecule has 1 aromatic rings. The molecule has 1 amide bonds. The maximum absolute atomic E-state index is 11.5. The second kappa shape index (κ2) is 3.31. The van der Waals surface area contributed by atoms with Crippen molar-refractivity contribution in [1.82, 2.24) is 4.90 Å². The van der Waals surface area contributed by atoms with Crippen molar-refractivity contribution in [2.75, 3.05) is 20.2 Å². The van der Waals surface area contributed by atoms with Crippen molar-refractivity contribution in [3.8, 4) is 5.75 Å². The summed E-state index contributed by atoms with van der Waals surface area (Å²) in [4.78, 5) is 14.1. The molecule has 1 aliphatic rings. The number of carbonyl (C=O) groups is 1. The number of hydrogen-bond donors (Lipinski definition) is 0. The van der Waals surface area contributed by atoms with Gasteiger partial charge in [0, 0.05) is 19.2 Å². The fourth-order valence-corrected chi connectivity index (χ4v) is 2.62. The molecule has 0 saturated carbocycles. The number of amides is 1. The number of halogens is 1. The van der Waals surface area contributed by atoms with E-state index in [1.807, 2.05) is 0 Å². The Labute approximate surface area is 88.4 Å². The summed E-state index contributed by atoms with van der Waals surface area (Å²) in [5, 5.41) is 0. The lowest BCUT2D eigenvalue weighted by molar-refractivity contribution is 0.0889. The number of thiophene rings is 1. The van der Waals surface area contributed by atoms with Crippen LogP contribution in [-0.4, -0.2) is 31.0 Å². The Morgan fingerprint density at radius 3 is 2.85 bits per heavy atom. The number of carbonyl (C=O) groups excluding carboxylic acids is 1. The van der Waals surface area contributed by atoms with Crippen molar-refractivity contribution in [3.05, 3.63) is 14.7 Å². The Hall–Kier alpha value is -0.550. The van der Waals surface area contributed by atoms with Gasteiger partial charge in [0.05, 0.1) is 12.0 Å². The van der Waals surface area contributed by atoms with Crippen molar-refractivity contribution < 1.29 is 9.53 Å². The van der Waals surface area contributed by atoms with Gasteiger partial charge in [-0.25, -0.2) is 0 Å². The van der Waals surface area contributed by atoms with Crippen molar-refractivity contribution in [2.45, 2.75) is 0 Å². The fraction of sp³-hybridized carbons (Fsp3) is 0.375. The van der Waals surface area contributed by atoms with E-state index in [1.165, 1.54) is 11.3 Å². The molecule has 13 heavy (non-hydrogen) atoms. The molecule has 0 bridgehead atoms. The highest BCUT2D eigenvalue weighted by atomic mass is 79.9. The SMILES string of the molecule is COc1cc(C(=O)N2CC2)sc1Br. The lowest BCUT2D eigenvalue weighted by Crippen LogP contribution is -2.07. The van der Waals surface area contributed by atoms with E-state index in [9.17, 15) is 4.79 Å². The molecule has 0 aliphatic carbocycles. The topological polar surface area (TPSA) is 29.3 Å². The van der Waals surface area contributed by atoms with Crippen LogP contribution in [0.3, 0.4) is 0 Å². The van der Waals surface area contributed by atoms with Crippen LogP contribution in [0.5, 0.6) is 5.75 Å². The highest BCUT2D eigenvalue weighted by molar-refractivity contribution is 9.11. The molecule has 70 valence electrons. The molecule has 0 N–H and O–H groups in total. The number of ether oxygens (including phenoxy) is 1. The van der Waals surface area contributed by atoms with Crippen LogP contribution in [0.4, 0.5) is 0 Å². The molecule has 1 fully saturated rings. The quantitative estimate of drug-likeness (QED) is 0.762. The zero-order chi connectivity index (χ0) is 9.42. The Morgan fingerprint density at radius 1 is 1.69 bits per heavy atom. The molecule has 0 atom stereocenters. The van der Waals surface area contributed by atoms with Crippen LogP contribution in [-0.2, 0) is 0 Å². The number of rotatable bonds is 2. The molecule has 2 heterocycles. The van der Waals surface area contributed by atoms with Gasteiger partial charge in [0.2, 0.25) is 0 Å². The molecule has 0 aromatic carbocycles. The van der Waals surface area contributed by atoms with Gasteiger partial charge in [0.15, 0.2) is 0 Å². The van der Waals surface area contributed by atoms with Crippen LogP contribution in [0, 0.1) is 0 Å².